The molecule has 0 heterocycles. The first-order valence-corrected chi connectivity index (χ1v) is 12.5. The molecule has 0 saturated heterocycles. The molecule has 0 bridgehead atoms. The Morgan fingerprint density at radius 3 is 2.58 bits per heavy atom. The zero-order chi connectivity index (χ0) is 22.2. The van der Waals surface area contributed by atoms with Crippen molar-refractivity contribution in [2.75, 3.05) is 47.9 Å². The van der Waals surface area contributed by atoms with Crippen molar-refractivity contribution in [1.29, 1.82) is 0 Å². The number of phenolic OH excluding ortho intramolecular Hbond substituents is 1. The third kappa shape index (κ3) is 4.67. The van der Waals surface area contributed by atoms with Crippen LogP contribution in [0.5, 0.6) is 5.75 Å². The highest BCUT2D eigenvalue weighted by atomic mass is 16.5. The molecular formula is C27H44N2O2. The molecule has 0 aliphatic heterocycles. The number of aromatic hydroxyl groups is 1. The Morgan fingerprint density at radius 2 is 1.84 bits per heavy atom. The van der Waals surface area contributed by atoms with Crippen LogP contribution in [0.4, 0.5) is 0 Å². The van der Waals surface area contributed by atoms with Gasteiger partial charge in [-0.15, -0.1) is 0 Å². The van der Waals surface area contributed by atoms with Crippen molar-refractivity contribution in [3.05, 3.63) is 28.8 Å². The third-order valence-corrected chi connectivity index (χ3v) is 8.90. The molecule has 4 rings (SSSR count). The zero-order valence-electron chi connectivity index (χ0n) is 20.5. The lowest BCUT2D eigenvalue weighted by molar-refractivity contribution is 0.0132. The molecule has 3 aliphatic rings. The van der Waals surface area contributed by atoms with Gasteiger partial charge in [-0.25, -0.2) is 0 Å². The molecule has 1 aromatic rings. The quantitative estimate of drug-likeness (QED) is 0.598. The topological polar surface area (TPSA) is 35.9 Å². The number of fused-ring (bicyclic) bond motifs is 5. The average molecular weight is 429 g/mol. The lowest BCUT2D eigenvalue weighted by Crippen LogP contribution is -2.42. The summed E-state index contributed by atoms with van der Waals surface area (Å²) in [5.41, 5.74) is 4.56. The lowest BCUT2D eigenvalue weighted by Gasteiger charge is -2.51. The standard InChI is InChI=1S/C27H44N2O2/c1-27-12-10-22-23(25(27)9-7-21(27)11-14-31-15-13-28(2)3)8-6-19-17-26(30)20(16-24(19)22)18-29(4)5/h16-17,21-23,25,30H,6-15,18H2,1-5H3/t21-,22?,23?,25?,27?/m1/s1. The molecule has 0 aromatic heterocycles. The van der Waals surface area contributed by atoms with Crippen LogP contribution >= 0.6 is 0 Å². The van der Waals surface area contributed by atoms with Crippen molar-refractivity contribution in [2.24, 2.45) is 23.2 Å². The van der Waals surface area contributed by atoms with Crippen LogP contribution in [0.2, 0.25) is 0 Å². The number of benzene rings is 1. The molecule has 0 radical (unpaired) electrons. The van der Waals surface area contributed by atoms with E-state index in [0.717, 1.165) is 56.0 Å². The summed E-state index contributed by atoms with van der Waals surface area (Å²) in [6.45, 7) is 6.20. The first kappa shape index (κ1) is 23.1. The molecule has 174 valence electrons. The Balaban J connectivity index is 1.45. The highest BCUT2D eigenvalue weighted by Crippen LogP contribution is 2.63. The van der Waals surface area contributed by atoms with Gasteiger partial charge in [0.25, 0.3) is 0 Å². The maximum atomic E-state index is 10.5. The van der Waals surface area contributed by atoms with Crippen LogP contribution in [-0.2, 0) is 17.7 Å². The first-order chi connectivity index (χ1) is 14.8. The zero-order valence-corrected chi connectivity index (χ0v) is 20.5. The van der Waals surface area contributed by atoms with Crippen molar-refractivity contribution >= 4 is 0 Å². The van der Waals surface area contributed by atoms with E-state index in [0.29, 0.717) is 17.1 Å². The van der Waals surface area contributed by atoms with E-state index in [4.69, 9.17) is 4.74 Å². The van der Waals surface area contributed by atoms with Crippen molar-refractivity contribution in [3.8, 4) is 5.75 Å². The Morgan fingerprint density at radius 1 is 1.03 bits per heavy atom. The molecule has 4 unspecified atom stereocenters. The normalized spacial score (nSPS) is 32.2. The minimum Gasteiger partial charge on any atom is -0.508 e. The molecule has 2 fully saturated rings. The van der Waals surface area contributed by atoms with E-state index in [-0.39, 0.29) is 0 Å². The molecule has 0 spiro atoms. The molecule has 4 heteroatoms. The first-order valence-electron chi connectivity index (χ1n) is 12.5. The summed E-state index contributed by atoms with van der Waals surface area (Å²) in [6.07, 6.45) is 9.12. The van der Waals surface area contributed by atoms with E-state index in [9.17, 15) is 5.11 Å². The Hall–Kier alpha value is -1.10. The van der Waals surface area contributed by atoms with Crippen LogP contribution in [0.1, 0.15) is 68.1 Å². The number of nitrogens with zero attached hydrogens (tertiary/aromatic N) is 2. The number of phenols is 1. The average Bonchev–Trinajstić information content (AvgIpc) is 3.04. The van der Waals surface area contributed by atoms with Gasteiger partial charge in [-0.2, -0.15) is 0 Å². The summed E-state index contributed by atoms with van der Waals surface area (Å²) in [4.78, 5) is 4.35. The van der Waals surface area contributed by atoms with Gasteiger partial charge < -0.3 is 19.6 Å². The number of aryl methyl sites for hydroxylation is 1. The molecular weight excluding hydrogens is 384 g/mol. The summed E-state index contributed by atoms with van der Waals surface area (Å²) < 4.78 is 5.97. The van der Waals surface area contributed by atoms with Crippen molar-refractivity contribution < 1.29 is 9.84 Å². The van der Waals surface area contributed by atoms with Gasteiger partial charge in [-0.1, -0.05) is 13.0 Å². The second-order valence-electron chi connectivity index (χ2n) is 11.4. The Bertz CT molecular complexity index is 762. The second-order valence-corrected chi connectivity index (χ2v) is 11.4. The molecule has 3 aliphatic carbocycles. The maximum absolute atomic E-state index is 10.5. The minimum atomic E-state index is 0.488. The molecule has 31 heavy (non-hydrogen) atoms. The fourth-order valence-corrected chi connectivity index (χ4v) is 7.28. The largest absolute Gasteiger partial charge is 0.508 e. The number of hydrogen-bond donors (Lipinski definition) is 1. The summed E-state index contributed by atoms with van der Waals surface area (Å²) in [5.74, 6) is 3.68. The van der Waals surface area contributed by atoms with Gasteiger partial charge in [0.2, 0.25) is 0 Å². The highest BCUT2D eigenvalue weighted by molar-refractivity contribution is 5.45. The number of rotatable bonds is 8. The van der Waals surface area contributed by atoms with E-state index in [1.165, 1.54) is 44.1 Å². The summed E-state index contributed by atoms with van der Waals surface area (Å²) in [5, 5.41) is 10.5. The Kier molecular flexibility index (Phi) is 7.00. The predicted octanol–water partition coefficient (Wildman–Crippen LogP) is 4.89. The van der Waals surface area contributed by atoms with Gasteiger partial charge in [0, 0.05) is 25.3 Å². The molecule has 1 N–H and O–H groups in total. The van der Waals surface area contributed by atoms with Crippen LogP contribution in [0, 0.1) is 23.2 Å². The van der Waals surface area contributed by atoms with Crippen molar-refractivity contribution in [3.63, 3.8) is 0 Å². The number of ether oxygens (including phenoxy) is 1. The van der Waals surface area contributed by atoms with Crippen LogP contribution in [0.25, 0.3) is 0 Å². The van der Waals surface area contributed by atoms with Gasteiger partial charge >= 0.3 is 0 Å². The van der Waals surface area contributed by atoms with Gasteiger partial charge in [0.05, 0.1) is 6.61 Å². The van der Waals surface area contributed by atoms with Crippen LogP contribution in [-0.4, -0.2) is 62.9 Å². The number of likely N-dealkylation sites (N-methyl/N-ethyl adjacent to an activating group) is 1. The highest BCUT2D eigenvalue weighted by Gasteiger charge is 2.54. The van der Waals surface area contributed by atoms with E-state index in [2.05, 4.69) is 57.0 Å². The minimum absolute atomic E-state index is 0.488. The molecule has 1 aromatic carbocycles. The molecule has 0 amide bonds. The molecule has 2 saturated carbocycles. The van der Waals surface area contributed by atoms with E-state index in [1.807, 2.05) is 0 Å². The summed E-state index contributed by atoms with van der Waals surface area (Å²) >= 11 is 0. The number of hydrogen-bond acceptors (Lipinski definition) is 4. The van der Waals surface area contributed by atoms with Gasteiger partial charge in [0.15, 0.2) is 0 Å². The van der Waals surface area contributed by atoms with Gasteiger partial charge in [0.1, 0.15) is 5.75 Å². The smallest absolute Gasteiger partial charge is 0.120 e. The third-order valence-electron chi connectivity index (χ3n) is 8.90. The van der Waals surface area contributed by atoms with E-state index in [1.54, 1.807) is 5.56 Å². The maximum Gasteiger partial charge on any atom is 0.120 e. The van der Waals surface area contributed by atoms with Crippen molar-refractivity contribution in [2.45, 2.75) is 64.3 Å². The lowest BCUT2D eigenvalue weighted by atomic mass is 9.54. The molecule has 5 atom stereocenters. The predicted molar refractivity (Wildman–Crippen MR) is 128 cm³/mol. The van der Waals surface area contributed by atoms with Gasteiger partial charge in [-0.05, 0) is 119 Å². The fourth-order valence-electron chi connectivity index (χ4n) is 7.28. The van der Waals surface area contributed by atoms with Crippen molar-refractivity contribution in [1.82, 2.24) is 9.80 Å². The van der Waals surface area contributed by atoms with Crippen LogP contribution in [0.3, 0.4) is 0 Å². The molecule has 4 nitrogen and oxygen atoms in total. The van der Waals surface area contributed by atoms with E-state index >= 15 is 0 Å². The summed E-state index contributed by atoms with van der Waals surface area (Å²) in [6, 6.07) is 4.44. The monoisotopic (exact) mass is 428 g/mol. The van der Waals surface area contributed by atoms with Gasteiger partial charge in [-0.3, -0.25) is 0 Å². The second kappa shape index (κ2) is 9.41. The van der Waals surface area contributed by atoms with Crippen LogP contribution in [0.15, 0.2) is 12.1 Å². The SMILES string of the molecule is CN(C)CCOCC[C@H]1CCC2C3CCc4cc(O)c(CN(C)C)cc4C3CCC21C. The van der Waals surface area contributed by atoms with E-state index < -0.39 is 0 Å². The Labute approximate surface area is 190 Å². The summed E-state index contributed by atoms with van der Waals surface area (Å²) in [7, 11) is 8.38. The van der Waals surface area contributed by atoms with Crippen LogP contribution < -0.4 is 0 Å². The fraction of sp³-hybridized carbons (Fsp3) is 0.778.